The first kappa shape index (κ1) is 14.7. The van der Waals surface area contributed by atoms with Gasteiger partial charge in [-0.25, -0.2) is 0 Å². The van der Waals surface area contributed by atoms with Crippen LogP contribution < -0.4 is 0 Å². The lowest BCUT2D eigenvalue weighted by atomic mass is 9.61. The highest BCUT2D eigenvalue weighted by atomic mass is 79.9. The summed E-state index contributed by atoms with van der Waals surface area (Å²) in [4.78, 5) is 2.24. The van der Waals surface area contributed by atoms with Crippen molar-refractivity contribution in [3.63, 3.8) is 0 Å². The zero-order valence-electron chi connectivity index (χ0n) is 13.1. The average molecular weight is 335 g/mol. The second-order valence-corrected chi connectivity index (χ2v) is 7.85. The zero-order chi connectivity index (χ0) is 14.4. The number of hydrogen-bond donors (Lipinski definition) is 0. The number of allylic oxidation sites excluding steroid dienone is 1. The van der Waals surface area contributed by atoms with Crippen molar-refractivity contribution in [2.45, 2.75) is 65.7 Å². The normalized spacial score (nSPS) is 48.0. The highest BCUT2D eigenvalue weighted by molar-refractivity contribution is 9.11. The van der Waals surface area contributed by atoms with E-state index in [1.54, 1.807) is 5.57 Å². The molecule has 0 aromatic carbocycles. The van der Waals surface area contributed by atoms with Gasteiger partial charge in [0.1, 0.15) is 0 Å². The molecule has 3 saturated carbocycles. The minimum atomic E-state index is 0.544. The van der Waals surface area contributed by atoms with E-state index in [2.05, 4.69) is 53.5 Å². The average Bonchev–Trinajstić information content (AvgIpc) is 2.88. The van der Waals surface area contributed by atoms with Crippen LogP contribution in [-0.2, 0) is 0 Å². The highest BCUT2D eigenvalue weighted by Crippen LogP contribution is 2.80. The first-order valence-electron chi connectivity index (χ1n) is 8.36. The van der Waals surface area contributed by atoms with Crippen molar-refractivity contribution in [1.29, 1.82) is 0 Å². The molecule has 3 fully saturated rings. The van der Waals surface area contributed by atoms with Crippen molar-refractivity contribution in [3.05, 3.63) is 10.6 Å². The molecule has 0 saturated heterocycles. The van der Waals surface area contributed by atoms with E-state index < -0.39 is 0 Å². The third-order valence-corrected chi connectivity index (χ3v) is 7.61. The molecule has 3 rings (SSSR count). The molecule has 110 valence electrons. The van der Waals surface area contributed by atoms with Gasteiger partial charge in [0, 0.05) is 12.8 Å². The molecule has 3 aliphatic carbocycles. The van der Waals surface area contributed by atoms with Crippen molar-refractivity contribution in [1.82, 2.24) is 0 Å². The maximum atomic E-state index is 3.63. The Morgan fingerprint density at radius 3 is 2.85 bits per heavy atom. The van der Waals surface area contributed by atoms with Gasteiger partial charge in [-0.15, -0.1) is 11.8 Å². The standard InChI is InChI=1S/C19H27Br/c1-4-5-6-9-16-14(2)19(16)12-10-17-15(13-20)8-7-11-18(17,19)3/h13-14,16-17H,4,7-12H2,1-3H3/b15-13+/t14-,16-,17?,18?,19?/m1/s1. The second kappa shape index (κ2) is 5.20. The van der Waals surface area contributed by atoms with Gasteiger partial charge in [0.05, 0.1) is 0 Å². The third-order valence-electron chi connectivity index (χ3n) is 7.02. The fourth-order valence-electron chi connectivity index (χ4n) is 6.03. The predicted octanol–water partition coefficient (Wildman–Crippen LogP) is 5.92. The zero-order valence-corrected chi connectivity index (χ0v) is 14.7. The number of halogens is 1. The molecule has 1 heteroatoms. The fourth-order valence-corrected chi connectivity index (χ4v) is 6.57. The van der Waals surface area contributed by atoms with E-state index in [1.807, 2.05) is 0 Å². The van der Waals surface area contributed by atoms with Crippen molar-refractivity contribution in [3.8, 4) is 11.8 Å². The minimum Gasteiger partial charge on any atom is -0.104 e. The van der Waals surface area contributed by atoms with Crippen LogP contribution in [0.4, 0.5) is 0 Å². The Kier molecular flexibility index (Phi) is 3.83. The lowest BCUT2D eigenvalue weighted by Gasteiger charge is -2.43. The van der Waals surface area contributed by atoms with E-state index in [4.69, 9.17) is 0 Å². The Balaban J connectivity index is 1.85. The quantitative estimate of drug-likeness (QED) is 0.522. The molecule has 0 aromatic heterocycles. The van der Waals surface area contributed by atoms with Crippen molar-refractivity contribution in [2.75, 3.05) is 0 Å². The van der Waals surface area contributed by atoms with Gasteiger partial charge in [-0.2, -0.15) is 0 Å². The highest BCUT2D eigenvalue weighted by Gasteiger charge is 2.73. The van der Waals surface area contributed by atoms with Gasteiger partial charge in [-0.3, -0.25) is 0 Å². The molecule has 0 heterocycles. The SMILES string of the molecule is CCC#CC[C@@H]1[C@@H](C)C12CCC1/C(=C/Br)CCCC12C. The van der Waals surface area contributed by atoms with Crippen LogP contribution in [0.15, 0.2) is 10.6 Å². The molecule has 3 unspecified atom stereocenters. The molecule has 3 aliphatic rings. The van der Waals surface area contributed by atoms with Crippen molar-refractivity contribution >= 4 is 15.9 Å². The molecular formula is C19H27Br. The number of hydrogen-bond acceptors (Lipinski definition) is 0. The smallest absolute Gasteiger partial charge is 0.0125 e. The Bertz CT molecular complexity index is 480. The monoisotopic (exact) mass is 334 g/mol. The lowest BCUT2D eigenvalue weighted by Crippen LogP contribution is -2.35. The first-order valence-corrected chi connectivity index (χ1v) is 9.28. The molecule has 0 N–H and O–H groups in total. The largest absolute Gasteiger partial charge is 0.104 e. The molecule has 1 spiro atoms. The summed E-state index contributed by atoms with van der Waals surface area (Å²) in [6, 6.07) is 0. The molecule has 0 aromatic rings. The lowest BCUT2D eigenvalue weighted by molar-refractivity contribution is 0.0989. The van der Waals surface area contributed by atoms with E-state index in [1.165, 1.54) is 32.1 Å². The molecule has 0 radical (unpaired) electrons. The van der Waals surface area contributed by atoms with Gasteiger partial charge < -0.3 is 0 Å². The molecule has 0 aliphatic heterocycles. The van der Waals surface area contributed by atoms with Crippen LogP contribution in [0.3, 0.4) is 0 Å². The van der Waals surface area contributed by atoms with Gasteiger partial charge in [-0.1, -0.05) is 42.3 Å². The summed E-state index contributed by atoms with van der Waals surface area (Å²) in [6.45, 7) is 7.25. The Labute approximate surface area is 132 Å². The summed E-state index contributed by atoms with van der Waals surface area (Å²) in [5.41, 5.74) is 2.85. The maximum Gasteiger partial charge on any atom is 0.0125 e. The molecule has 0 amide bonds. The van der Waals surface area contributed by atoms with Crippen LogP contribution in [0, 0.1) is 40.4 Å². The van der Waals surface area contributed by atoms with Crippen LogP contribution in [-0.4, -0.2) is 0 Å². The van der Waals surface area contributed by atoms with E-state index in [0.717, 1.165) is 30.6 Å². The Hall–Kier alpha value is -0.220. The summed E-state index contributed by atoms with van der Waals surface area (Å²) in [5, 5.41) is 0. The molecule has 5 atom stereocenters. The Morgan fingerprint density at radius 2 is 2.15 bits per heavy atom. The van der Waals surface area contributed by atoms with Gasteiger partial charge in [0.2, 0.25) is 0 Å². The Morgan fingerprint density at radius 1 is 1.35 bits per heavy atom. The van der Waals surface area contributed by atoms with Crippen molar-refractivity contribution < 1.29 is 0 Å². The summed E-state index contributed by atoms with van der Waals surface area (Å²) < 4.78 is 0. The van der Waals surface area contributed by atoms with Gasteiger partial charge >= 0.3 is 0 Å². The minimum absolute atomic E-state index is 0.544. The molecule has 0 nitrogen and oxygen atoms in total. The van der Waals surface area contributed by atoms with Crippen LogP contribution in [0.1, 0.15) is 65.7 Å². The first-order chi connectivity index (χ1) is 9.61. The summed E-state index contributed by atoms with van der Waals surface area (Å²) >= 11 is 3.63. The molecule has 0 bridgehead atoms. The van der Waals surface area contributed by atoms with Crippen LogP contribution in [0.25, 0.3) is 0 Å². The van der Waals surface area contributed by atoms with Gasteiger partial charge in [0.25, 0.3) is 0 Å². The molecule has 20 heavy (non-hydrogen) atoms. The maximum absolute atomic E-state index is 3.63. The van der Waals surface area contributed by atoms with Gasteiger partial charge in [0.15, 0.2) is 0 Å². The summed E-state index contributed by atoms with van der Waals surface area (Å²) in [6.07, 6.45) is 9.13. The second-order valence-electron chi connectivity index (χ2n) is 7.39. The summed E-state index contributed by atoms with van der Waals surface area (Å²) in [7, 11) is 0. The van der Waals surface area contributed by atoms with Crippen LogP contribution in [0.2, 0.25) is 0 Å². The van der Waals surface area contributed by atoms with E-state index in [-0.39, 0.29) is 0 Å². The van der Waals surface area contributed by atoms with Crippen LogP contribution >= 0.6 is 15.9 Å². The van der Waals surface area contributed by atoms with E-state index in [9.17, 15) is 0 Å². The van der Waals surface area contributed by atoms with E-state index >= 15 is 0 Å². The topological polar surface area (TPSA) is 0 Å². The summed E-state index contributed by atoms with van der Waals surface area (Å²) in [5.74, 6) is 9.31. The molecular weight excluding hydrogens is 308 g/mol. The third kappa shape index (κ3) is 1.80. The fraction of sp³-hybridized carbons (Fsp3) is 0.789. The van der Waals surface area contributed by atoms with Gasteiger partial charge in [-0.05, 0) is 65.7 Å². The predicted molar refractivity (Wildman–Crippen MR) is 89.5 cm³/mol. The number of fused-ring (bicyclic) bond motifs is 2. The van der Waals surface area contributed by atoms with E-state index in [0.29, 0.717) is 10.8 Å². The van der Waals surface area contributed by atoms with Crippen molar-refractivity contribution in [2.24, 2.45) is 28.6 Å². The van der Waals surface area contributed by atoms with Crippen LogP contribution in [0.5, 0.6) is 0 Å². The number of rotatable bonds is 1.